The van der Waals surface area contributed by atoms with Gasteiger partial charge < -0.3 is 18.0 Å². The van der Waals surface area contributed by atoms with Crippen molar-refractivity contribution >= 4 is 14.4 Å². The largest absolute Gasteiger partial charge is 0.621 e. The highest BCUT2D eigenvalue weighted by Gasteiger charge is 2.50. The topological polar surface area (TPSA) is 54.0 Å². The van der Waals surface area contributed by atoms with E-state index in [1.807, 2.05) is 6.07 Å². The first kappa shape index (κ1) is 12.9. The molecule has 0 fully saturated rings. The van der Waals surface area contributed by atoms with E-state index in [4.69, 9.17) is 18.0 Å². The van der Waals surface area contributed by atoms with Crippen LogP contribution in [0.5, 0.6) is 5.75 Å². The lowest BCUT2D eigenvalue weighted by atomic mass is 10.3. The Morgan fingerprint density at radius 2 is 1.50 bits per heavy atom. The molecule has 0 aromatic heterocycles. The maximum atomic E-state index is 11.8. The standard InChI is InChI=1S/C10H14O5Si/c1-12-16(13-2,14-3)10(11)15-9-7-5-4-6-8-9/h4-8H,1-3H3. The van der Waals surface area contributed by atoms with Gasteiger partial charge in [0.15, 0.2) is 0 Å². The fraction of sp³-hybridized carbons (Fsp3) is 0.300. The van der Waals surface area contributed by atoms with Crippen LogP contribution in [0.4, 0.5) is 4.79 Å². The number of hydrogen-bond acceptors (Lipinski definition) is 5. The molecule has 1 rings (SSSR count). The number of benzene rings is 1. The van der Waals surface area contributed by atoms with Gasteiger partial charge in [-0.15, -0.1) is 0 Å². The quantitative estimate of drug-likeness (QED) is 0.735. The number of ether oxygens (including phenoxy) is 1. The van der Waals surface area contributed by atoms with Crippen LogP contribution in [0.2, 0.25) is 0 Å². The average Bonchev–Trinajstić information content (AvgIpc) is 2.33. The van der Waals surface area contributed by atoms with Crippen molar-refractivity contribution in [3.63, 3.8) is 0 Å². The van der Waals surface area contributed by atoms with Gasteiger partial charge in [0, 0.05) is 21.3 Å². The Morgan fingerprint density at radius 3 is 1.94 bits per heavy atom. The molecule has 1 aromatic carbocycles. The summed E-state index contributed by atoms with van der Waals surface area (Å²) >= 11 is 0. The van der Waals surface area contributed by atoms with Crippen LogP contribution < -0.4 is 4.74 Å². The first-order valence-corrected chi connectivity index (χ1v) is 6.33. The molecule has 6 heteroatoms. The van der Waals surface area contributed by atoms with E-state index in [0.29, 0.717) is 5.75 Å². The lowest BCUT2D eigenvalue weighted by molar-refractivity contribution is 0.115. The van der Waals surface area contributed by atoms with Gasteiger partial charge in [-0.25, -0.2) is 4.79 Å². The Balaban J connectivity index is 2.78. The molecule has 0 spiro atoms. The van der Waals surface area contributed by atoms with Gasteiger partial charge in [0.2, 0.25) is 0 Å². The second-order valence-electron chi connectivity index (χ2n) is 2.87. The van der Waals surface area contributed by atoms with E-state index in [-0.39, 0.29) is 0 Å². The zero-order valence-electron chi connectivity index (χ0n) is 9.43. The second kappa shape index (κ2) is 5.76. The summed E-state index contributed by atoms with van der Waals surface area (Å²) in [4.78, 5) is 11.8. The number of carbonyl (C=O) groups is 1. The van der Waals surface area contributed by atoms with Gasteiger partial charge in [0.05, 0.1) is 0 Å². The summed E-state index contributed by atoms with van der Waals surface area (Å²) in [5.74, 6) is 0.426. The predicted molar refractivity (Wildman–Crippen MR) is 59.2 cm³/mol. The third-order valence-corrected chi connectivity index (χ3v) is 4.22. The van der Waals surface area contributed by atoms with Crippen molar-refractivity contribution in [3.05, 3.63) is 30.3 Å². The third kappa shape index (κ3) is 2.67. The van der Waals surface area contributed by atoms with Crippen molar-refractivity contribution in [2.24, 2.45) is 0 Å². The Bertz CT molecular complexity index is 328. The molecule has 0 amide bonds. The molecule has 0 unspecified atom stereocenters. The lowest BCUT2D eigenvalue weighted by Gasteiger charge is -2.21. The minimum Gasteiger partial charge on any atom is -0.424 e. The van der Waals surface area contributed by atoms with Crippen LogP contribution in [0.25, 0.3) is 0 Å². The van der Waals surface area contributed by atoms with E-state index in [2.05, 4.69) is 0 Å². The summed E-state index contributed by atoms with van der Waals surface area (Å²) in [6.07, 6.45) is 0. The van der Waals surface area contributed by atoms with Gasteiger partial charge >= 0.3 is 14.4 Å². The highest BCUT2D eigenvalue weighted by Crippen LogP contribution is 2.15. The summed E-state index contributed by atoms with van der Waals surface area (Å²) in [5.41, 5.74) is -0.633. The maximum Gasteiger partial charge on any atom is 0.621 e. The monoisotopic (exact) mass is 242 g/mol. The van der Waals surface area contributed by atoms with Gasteiger partial charge in [-0.2, -0.15) is 0 Å². The van der Waals surface area contributed by atoms with Crippen LogP contribution in [-0.2, 0) is 13.3 Å². The first-order chi connectivity index (χ1) is 7.68. The molecule has 1 aromatic rings. The van der Waals surface area contributed by atoms with E-state index in [9.17, 15) is 4.79 Å². The number of para-hydroxylation sites is 1. The van der Waals surface area contributed by atoms with Gasteiger partial charge in [-0.3, -0.25) is 0 Å². The summed E-state index contributed by atoms with van der Waals surface area (Å²) in [6.45, 7) is 0. The van der Waals surface area contributed by atoms with E-state index >= 15 is 0 Å². The Morgan fingerprint density at radius 1 is 1.00 bits per heavy atom. The Hall–Kier alpha value is -1.21. The summed E-state index contributed by atoms with van der Waals surface area (Å²) in [5, 5.41) is 0. The highest BCUT2D eigenvalue weighted by molar-refractivity contribution is 6.91. The molecule has 16 heavy (non-hydrogen) atoms. The number of rotatable bonds is 5. The summed E-state index contributed by atoms with van der Waals surface area (Å²) in [7, 11) is 0.693. The van der Waals surface area contributed by atoms with Crippen molar-refractivity contribution in [2.45, 2.75) is 0 Å². The normalized spacial score (nSPS) is 11.2. The van der Waals surface area contributed by atoms with Gasteiger partial charge in [-0.05, 0) is 12.1 Å². The fourth-order valence-corrected chi connectivity index (χ4v) is 2.40. The molecular formula is C10H14O5Si. The average molecular weight is 242 g/mol. The zero-order chi connectivity index (χ0) is 12.0. The van der Waals surface area contributed by atoms with Crippen LogP contribution >= 0.6 is 0 Å². The molecule has 0 radical (unpaired) electrons. The molecule has 0 atom stereocenters. The van der Waals surface area contributed by atoms with Crippen LogP contribution in [0, 0.1) is 0 Å². The van der Waals surface area contributed by atoms with Gasteiger partial charge in [0.1, 0.15) is 5.75 Å². The fourth-order valence-electron chi connectivity index (χ4n) is 1.16. The minimum absolute atomic E-state index is 0.426. The Kier molecular flexibility index (Phi) is 4.63. The van der Waals surface area contributed by atoms with Crippen LogP contribution in [0.1, 0.15) is 0 Å². The van der Waals surface area contributed by atoms with Crippen LogP contribution in [-0.4, -0.2) is 35.7 Å². The van der Waals surface area contributed by atoms with Gasteiger partial charge in [0.25, 0.3) is 0 Å². The van der Waals surface area contributed by atoms with Crippen molar-refractivity contribution in [1.82, 2.24) is 0 Å². The maximum absolute atomic E-state index is 11.8. The lowest BCUT2D eigenvalue weighted by Crippen LogP contribution is -2.53. The molecular weight excluding hydrogens is 228 g/mol. The smallest absolute Gasteiger partial charge is 0.424 e. The first-order valence-electron chi connectivity index (χ1n) is 4.61. The molecule has 0 aliphatic heterocycles. The summed E-state index contributed by atoms with van der Waals surface area (Å²) < 4.78 is 20.1. The second-order valence-corrected chi connectivity index (χ2v) is 5.62. The molecule has 0 aliphatic rings. The summed E-state index contributed by atoms with van der Waals surface area (Å²) in [6, 6.07) is 8.68. The van der Waals surface area contributed by atoms with Crippen molar-refractivity contribution < 1.29 is 22.8 Å². The van der Waals surface area contributed by atoms with E-state index in [1.165, 1.54) is 21.3 Å². The van der Waals surface area contributed by atoms with Crippen molar-refractivity contribution in [2.75, 3.05) is 21.3 Å². The van der Waals surface area contributed by atoms with Crippen LogP contribution in [0.3, 0.4) is 0 Å². The van der Waals surface area contributed by atoms with E-state index < -0.39 is 14.4 Å². The molecule has 0 N–H and O–H groups in total. The van der Waals surface area contributed by atoms with Crippen molar-refractivity contribution in [3.8, 4) is 5.75 Å². The molecule has 88 valence electrons. The number of carbonyl (C=O) groups excluding carboxylic acids is 1. The minimum atomic E-state index is -3.36. The molecule has 0 heterocycles. The highest BCUT2D eigenvalue weighted by atomic mass is 28.4. The third-order valence-electron chi connectivity index (χ3n) is 2.01. The van der Waals surface area contributed by atoms with E-state index in [1.54, 1.807) is 24.3 Å². The molecule has 0 saturated carbocycles. The van der Waals surface area contributed by atoms with E-state index in [0.717, 1.165) is 0 Å². The van der Waals surface area contributed by atoms with Crippen molar-refractivity contribution in [1.29, 1.82) is 0 Å². The predicted octanol–water partition coefficient (Wildman–Crippen LogP) is 1.65. The molecule has 0 aliphatic carbocycles. The molecule has 5 nitrogen and oxygen atoms in total. The van der Waals surface area contributed by atoms with Gasteiger partial charge in [-0.1, -0.05) is 18.2 Å². The Labute approximate surface area is 95.3 Å². The zero-order valence-corrected chi connectivity index (χ0v) is 10.4. The molecule has 0 bridgehead atoms. The number of hydrogen-bond donors (Lipinski definition) is 0. The molecule has 0 saturated heterocycles. The van der Waals surface area contributed by atoms with Crippen LogP contribution in [0.15, 0.2) is 30.3 Å². The SMILES string of the molecule is CO[Si](OC)(OC)C(=O)Oc1ccccc1.